The lowest BCUT2D eigenvalue weighted by atomic mass is 10.2. The Kier molecular flexibility index (Phi) is 3.17. The molecule has 19 heavy (non-hydrogen) atoms. The van der Waals surface area contributed by atoms with Crippen molar-refractivity contribution in [1.29, 1.82) is 0 Å². The van der Waals surface area contributed by atoms with Crippen LogP contribution in [0.3, 0.4) is 0 Å². The van der Waals surface area contributed by atoms with E-state index in [0.717, 1.165) is 11.1 Å². The molecule has 7 nitrogen and oxygen atoms in total. The van der Waals surface area contributed by atoms with Crippen LogP contribution >= 0.6 is 0 Å². The number of methoxy groups -OCH3 is 1. The van der Waals surface area contributed by atoms with Crippen molar-refractivity contribution in [3.05, 3.63) is 12.0 Å². The van der Waals surface area contributed by atoms with E-state index in [1.807, 2.05) is 0 Å². The SMILES string of the molecule is COC1CC(N2C=C(F)C3OC3NC2=O)OC1CO. The molecule has 2 amide bonds. The van der Waals surface area contributed by atoms with Gasteiger partial charge >= 0.3 is 6.03 Å². The molecule has 0 radical (unpaired) electrons. The Balaban J connectivity index is 1.76. The minimum absolute atomic E-state index is 0.217. The Morgan fingerprint density at radius 3 is 3.05 bits per heavy atom. The second-order valence-electron chi connectivity index (χ2n) is 4.67. The van der Waals surface area contributed by atoms with Crippen LogP contribution < -0.4 is 5.32 Å². The number of nitrogens with zero attached hydrogens (tertiary/aromatic N) is 1. The molecule has 0 aliphatic carbocycles. The molecule has 0 aromatic rings. The lowest BCUT2D eigenvalue weighted by Gasteiger charge is -2.24. The summed E-state index contributed by atoms with van der Waals surface area (Å²) in [7, 11) is 1.50. The Bertz CT molecular complexity index is 406. The number of amides is 2. The van der Waals surface area contributed by atoms with Gasteiger partial charge in [-0.25, -0.2) is 9.18 Å². The summed E-state index contributed by atoms with van der Waals surface area (Å²) < 4.78 is 29.3. The maximum atomic E-state index is 13.7. The highest BCUT2D eigenvalue weighted by Crippen LogP contribution is 2.33. The van der Waals surface area contributed by atoms with Gasteiger partial charge < -0.3 is 24.6 Å². The zero-order valence-electron chi connectivity index (χ0n) is 10.3. The van der Waals surface area contributed by atoms with Crippen molar-refractivity contribution < 1.29 is 28.5 Å². The molecule has 3 aliphatic rings. The molecule has 2 N–H and O–H groups in total. The van der Waals surface area contributed by atoms with E-state index in [2.05, 4.69) is 5.32 Å². The Morgan fingerprint density at radius 2 is 2.42 bits per heavy atom. The summed E-state index contributed by atoms with van der Waals surface area (Å²) in [5, 5.41) is 11.7. The number of halogens is 1. The Morgan fingerprint density at radius 1 is 1.63 bits per heavy atom. The number of carbonyl (C=O) groups is 1. The van der Waals surface area contributed by atoms with Gasteiger partial charge in [0.25, 0.3) is 0 Å². The second-order valence-corrected chi connectivity index (χ2v) is 4.67. The molecule has 0 aromatic carbocycles. The Labute approximate surface area is 108 Å². The van der Waals surface area contributed by atoms with Crippen molar-refractivity contribution in [3.8, 4) is 0 Å². The number of aliphatic hydroxyl groups excluding tert-OH is 1. The largest absolute Gasteiger partial charge is 0.394 e. The summed E-state index contributed by atoms with van der Waals surface area (Å²) in [5.74, 6) is -0.520. The first-order valence-corrected chi connectivity index (χ1v) is 6.04. The van der Waals surface area contributed by atoms with Crippen LogP contribution in [0.25, 0.3) is 0 Å². The van der Waals surface area contributed by atoms with E-state index >= 15 is 0 Å². The normalized spacial score (nSPS) is 41.4. The van der Waals surface area contributed by atoms with E-state index in [1.165, 1.54) is 7.11 Å². The summed E-state index contributed by atoms with van der Waals surface area (Å²) >= 11 is 0. The van der Waals surface area contributed by atoms with Gasteiger partial charge in [-0.3, -0.25) is 4.90 Å². The van der Waals surface area contributed by atoms with Crippen LogP contribution in [-0.2, 0) is 14.2 Å². The smallest absolute Gasteiger partial charge is 0.325 e. The molecule has 5 unspecified atom stereocenters. The van der Waals surface area contributed by atoms with Crippen LogP contribution in [0, 0.1) is 0 Å². The Hall–Kier alpha value is -1.22. The van der Waals surface area contributed by atoms with Gasteiger partial charge in [0.2, 0.25) is 0 Å². The molecule has 3 aliphatic heterocycles. The van der Waals surface area contributed by atoms with Gasteiger partial charge in [0.05, 0.1) is 12.7 Å². The molecule has 106 valence electrons. The summed E-state index contributed by atoms with van der Waals surface area (Å²) in [6.07, 6.45) is -1.34. The molecule has 0 aromatic heterocycles. The molecule has 3 heterocycles. The molecule has 5 atom stereocenters. The average Bonchev–Trinajstić information content (AvgIpc) is 3.05. The van der Waals surface area contributed by atoms with Gasteiger partial charge in [0.1, 0.15) is 18.2 Å². The van der Waals surface area contributed by atoms with E-state index in [4.69, 9.17) is 14.2 Å². The number of aliphatic hydroxyl groups is 1. The van der Waals surface area contributed by atoms with Gasteiger partial charge in [-0.2, -0.15) is 0 Å². The number of hydrogen-bond donors (Lipinski definition) is 2. The molecule has 2 saturated heterocycles. The fraction of sp³-hybridized carbons (Fsp3) is 0.727. The van der Waals surface area contributed by atoms with Crippen LogP contribution in [-0.4, -0.2) is 60.5 Å². The van der Waals surface area contributed by atoms with Gasteiger partial charge in [0, 0.05) is 19.7 Å². The molecule has 8 heteroatoms. The van der Waals surface area contributed by atoms with E-state index < -0.39 is 36.5 Å². The van der Waals surface area contributed by atoms with Gasteiger partial charge in [-0.05, 0) is 0 Å². The lowest BCUT2D eigenvalue weighted by molar-refractivity contribution is -0.0600. The highest BCUT2D eigenvalue weighted by Gasteiger charge is 2.49. The number of urea groups is 1. The maximum absolute atomic E-state index is 13.7. The van der Waals surface area contributed by atoms with E-state index in [0.29, 0.717) is 6.42 Å². The molecule has 0 bridgehead atoms. The number of fused-ring (bicyclic) bond motifs is 1. The standard InChI is InChI=1S/C11H15FN2O5/c1-17-6-2-8(18-7(6)4-15)14-3-5(12)9-10(19-9)13-11(14)16/h3,6-10,15H,2,4H2,1H3,(H,13,16). The van der Waals surface area contributed by atoms with Crippen LogP contribution in [0.2, 0.25) is 0 Å². The lowest BCUT2D eigenvalue weighted by Crippen LogP contribution is -2.43. The van der Waals surface area contributed by atoms with Crippen molar-refractivity contribution in [3.63, 3.8) is 0 Å². The number of epoxide rings is 1. The minimum atomic E-state index is -0.692. The molecule has 3 rings (SSSR count). The van der Waals surface area contributed by atoms with Crippen LogP contribution in [0.4, 0.5) is 9.18 Å². The quantitative estimate of drug-likeness (QED) is 0.688. The third-order valence-electron chi connectivity index (χ3n) is 3.50. The summed E-state index contributed by atoms with van der Waals surface area (Å²) in [4.78, 5) is 13.1. The zero-order chi connectivity index (χ0) is 13.6. The van der Waals surface area contributed by atoms with Gasteiger partial charge in [-0.15, -0.1) is 0 Å². The van der Waals surface area contributed by atoms with Crippen molar-refractivity contribution in [2.24, 2.45) is 0 Å². The molecule has 2 fully saturated rings. The van der Waals surface area contributed by atoms with Crippen LogP contribution in [0.1, 0.15) is 6.42 Å². The average molecular weight is 274 g/mol. The van der Waals surface area contributed by atoms with Crippen molar-refractivity contribution >= 4 is 6.03 Å². The molecular formula is C11H15FN2O5. The maximum Gasteiger partial charge on any atom is 0.325 e. The molecule has 0 spiro atoms. The number of hydrogen-bond acceptors (Lipinski definition) is 5. The minimum Gasteiger partial charge on any atom is -0.394 e. The number of ether oxygens (including phenoxy) is 3. The summed E-state index contributed by atoms with van der Waals surface area (Å²) in [6, 6.07) is -0.487. The van der Waals surface area contributed by atoms with Crippen LogP contribution in [0.5, 0.6) is 0 Å². The fourth-order valence-corrected chi connectivity index (χ4v) is 2.39. The number of nitrogens with one attached hydrogen (secondary N) is 1. The molecule has 0 saturated carbocycles. The predicted octanol–water partition coefficient (Wildman–Crippen LogP) is -0.330. The second kappa shape index (κ2) is 4.71. The van der Waals surface area contributed by atoms with Crippen molar-refractivity contribution in [2.75, 3.05) is 13.7 Å². The third-order valence-corrected chi connectivity index (χ3v) is 3.50. The molecular weight excluding hydrogens is 259 g/mol. The van der Waals surface area contributed by atoms with Gasteiger partial charge in [-0.1, -0.05) is 0 Å². The first kappa shape index (κ1) is 12.8. The number of carbonyl (C=O) groups excluding carboxylic acids is 1. The van der Waals surface area contributed by atoms with Gasteiger partial charge in [0.15, 0.2) is 12.3 Å². The topological polar surface area (TPSA) is 83.6 Å². The van der Waals surface area contributed by atoms with Crippen molar-refractivity contribution in [2.45, 2.75) is 37.2 Å². The first-order chi connectivity index (χ1) is 9.13. The third kappa shape index (κ3) is 2.20. The zero-order valence-corrected chi connectivity index (χ0v) is 10.3. The summed E-state index contributed by atoms with van der Waals surface area (Å²) in [5.41, 5.74) is 0. The van der Waals surface area contributed by atoms with E-state index in [9.17, 15) is 14.3 Å². The fourth-order valence-electron chi connectivity index (χ4n) is 2.39. The monoisotopic (exact) mass is 274 g/mol. The van der Waals surface area contributed by atoms with Crippen LogP contribution in [0.15, 0.2) is 12.0 Å². The highest BCUT2D eigenvalue weighted by atomic mass is 19.1. The summed E-state index contributed by atoms with van der Waals surface area (Å²) in [6.45, 7) is -0.217. The van der Waals surface area contributed by atoms with E-state index in [1.54, 1.807) is 0 Å². The number of rotatable bonds is 3. The highest BCUT2D eigenvalue weighted by molar-refractivity contribution is 5.77. The predicted molar refractivity (Wildman–Crippen MR) is 59.4 cm³/mol. The first-order valence-electron chi connectivity index (χ1n) is 6.04. The van der Waals surface area contributed by atoms with E-state index in [-0.39, 0.29) is 12.7 Å². The van der Waals surface area contributed by atoms with Crippen molar-refractivity contribution in [1.82, 2.24) is 10.2 Å².